The van der Waals surface area contributed by atoms with E-state index >= 15 is 0 Å². The minimum Gasteiger partial charge on any atom is -0.444 e. The summed E-state index contributed by atoms with van der Waals surface area (Å²) in [5, 5.41) is 2.77. The standard InChI is InChI=1S/C18H28N2O4/c1-13(23-12-14-8-6-5-7-9-14)15(10-11-16(19)21)20-17(22)24-18(2,3)4/h5-9,13,15H,10-12H2,1-4H3,(H2,19,21)(H,20,22)/t13-,15+/m1/s1. The molecule has 0 unspecified atom stereocenters. The third kappa shape index (κ3) is 8.53. The largest absolute Gasteiger partial charge is 0.444 e. The molecule has 134 valence electrons. The van der Waals surface area contributed by atoms with E-state index < -0.39 is 17.6 Å². The maximum Gasteiger partial charge on any atom is 0.407 e. The molecule has 0 fully saturated rings. The van der Waals surface area contributed by atoms with E-state index in [1.165, 1.54) is 0 Å². The van der Waals surface area contributed by atoms with Crippen molar-refractivity contribution in [1.29, 1.82) is 0 Å². The summed E-state index contributed by atoms with van der Waals surface area (Å²) in [6.45, 7) is 7.65. The summed E-state index contributed by atoms with van der Waals surface area (Å²) < 4.78 is 11.1. The Labute approximate surface area is 143 Å². The maximum absolute atomic E-state index is 12.0. The first-order valence-corrected chi connectivity index (χ1v) is 8.10. The van der Waals surface area contributed by atoms with Crippen LogP contribution in [0.4, 0.5) is 4.79 Å². The third-order valence-electron chi connectivity index (χ3n) is 3.33. The van der Waals surface area contributed by atoms with Crippen LogP contribution in [0.1, 0.15) is 46.1 Å². The fourth-order valence-corrected chi connectivity index (χ4v) is 2.10. The second kappa shape index (κ2) is 9.27. The fraction of sp³-hybridized carbons (Fsp3) is 0.556. The van der Waals surface area contributed by atoms with E-state index in [-0.39, 0.29) is 18.6 Å². The number of carbonyl (C=O) groups is 2. The van der Waals surface area contributed by atoms with Gasteiger partial charge in [-0.15, -0.1) is 0 Å². The number of nitrogens with one attached hydrogen (secondary N) is 1. The molecule has 0 aromatic heterocycles. The lowest BCUT2D eigenvalue weighted by atomic mass is 10.1. The van der Waals surface area contributed by atoms with Gasteiger partial charge in [0.1, 0.15) is 5.60 Å². The van der Waals surface area contributed by atoms with E-state index in [1.807, 2.05) is 37.3 Å². The Morgan fingerprint density at radius 3 is 2.38 bits per heavy atom. The van der Waals surface area contributed by atoms with Gasteiger partial charge >= 0.3 is 6.09 Å². The van der Waals surface area contributed by atoms with E-state index in [2.05, 4.69) is 5.32 Å². The van der Waals surface area contributed by atoms with Crippen molar-refractivity contribution < 1.29 is 19.1 Å². The summed E-state index contributed by atoms with van der Waals surface area (Å²) in [5.41, 5.74) is 5.66. The third-order valence-corrected chi connectivity index (χ3v) is 3.33. The molecule has 6 heteroatoms. The Balaban J connectivity index is 2.62. The lowest BCUT2D eigenvalue weighted by Gasteiger charge is -2.27. The zero-order valence-electron chi connectivity index (χ0n) is 14.9. The molecular weight excluding hydrogens is 308 g/mol. The van der Waals surface area contributed by atoms with Gasteiger partial charge in [0.25, 0.3) is 0 Å². The minimum absolute atomic E-state index is 0.166. The number of hydrogen-bond donors (Lipinski definition) is 2. The zero-order valence-corrected chi connectivity index (χ0v) is 14.9. The first kappa shape index (κ1) is 20.0. The number of carbonyl (C=O) groups excluding carboxylic acids is 2. The highest BCUT2D eigenvalue weighted by atomic mass is 16.6. The van der Waals surface area contributed by atoms with E-state index in [4.69, 9.17) is 15.2 Å². The van der Waals surface area contributed by atoms with Gasteiger partial charge in [-0.3, -0.25) is 4.79 Å². The van der Waals surface area contributed by atoms with Crippen LogP contribution in [0.3, 0.4) is 0 Å². The van der Waals surface area contributed by atoms with Crippen LogP contribution < -0.4 is 11.1 Å². The number of primary amides is 1. The summed E-state index contributed by atoms with van der Waals surface area (Å²) in [7, 11) is 0. The average Bonchev–Trinajstić information content (AvgIpc) is 2.48. The van der Waals surface area contributed by atoms with E-state index in [1.54, 1.807) is 20.8 Å². The lowest BCUT2D eigenvalue weighted by Crippen LogP contribution is -2.45. The van der Waals surface area contributed by atoms with Crippen LogP contribution in [0.15, 0.2) is 30.3 Å². The average molecular weight is 336 g/mol. The number of benzene rings is 1. The Kier molecular flexibility index (Phi) is 7.71. The van der Waals surface area contributed by atoms with Gasteiger partial charge in [0.05, 0.1) is 18.8 Å². The number of ether oxygens (including phenoxy) is 2. The van der Waals surface area contributed by atoms with Gasteiger partial charge in [0.2, 0.25) is 5.91 Å². The minimum atomic E-state index is -0.591. The Bertz CT molecular complexity index is 526. The van der Waals surface area contributed by atoms with Gasteiger partial charge < -0.3 is 20.5 Å². The fourth-order valence-electron chi connectivity index (χ4n) is 2.10. The number of amides is 2. The maximum atomic E-state index is 12.0. The first-order valence-electron chi connectivity index (χ1n) is 8.10. The number of hydrogen-bond acceptors (Lipinski definition) is 4. The molecule has 2 atom stereocenters. The molecule has 0 aliphatic carbocycles. The summed E-state index contributed by atoms with van der Waals surface area (Å²) in [5.74, 6) is -0.416. The molecule has 1 aromatic carbocycles. The summed E-state index contributed by atoms with van der Waals surface area (Å²) >= 11 is 0. The summed E-state index contributed by atoms with van der Waals surface area (Å²) in [6.07, 6.45) is -0.270. The number of rotatable bonds is 8. The van der Waals surface area contributed by atoms with Gasteiger partial charge in [-0.1, -0.05) is 30.3 Å². The van der Waals surface area contributed by atoms with Crippen molar-refractivity contribution in [3.63, 3.8) is 0 Å². The lowest BCUT2D eigenvalue weighted by molar-refractivity contribution is -0.118. The van der Waals surface area contributed by atoms with Gasteiger partial charge in [-0.2, -0.15) is 0 Å². The molecule has 6 nitrogen and oxygen atoms in total. The smallest absolute Gasteiger partial charge is 0.407 e. The van der Waals surface area contributed by atoms with Gasteiger partial charge in [-0.05, 0) is 39.7 Å². The van der Waals surface area contributed by atoms with Crippen LogP contribution in [-0.2, 0) is 20.9 Å². The van der Waals surface area contributed by atoms with Crippen molar-refractivity contribution in [2.45, 2.75) is 64.9 Å². The molecular formula is C18H28N2O4. The number of nitrogens with two attached hydrogens (primary N) is 1. The van der Waals surface area contributed by atoms with E-state index in [9.17, 15) is 9.59 Å². The van der Waals surface area contributed by atoms with Gasteiger partial charge in [0, 0.05) is 6.42 Å². The van der Waals surface area contributed by atoms with Crippen LogP contribution in [0.25, 0.3) is 0 Å². The van der Waals surface area contributed by atoms with Crippen molar-refractivity contribution in [3.8, 4) is 0 Å². The molecule has 2 amide bonds. The van der Waals surface area contributed by atoms with Gasteiger partial charge in [-0.25, -0.2) is 4.79 Å². The van der Waals surface area contributed by atoms with Crippen molar-refractivity contribution in [1.82, 2.24) is 5.32 Å². The van der Waals surface area contributed by atoms with Crippen LogP contribution in [0.2, 0.25) is 0 Å². The predicted octanol–water partition coefficient (Wildman–Crippen LogP) is 2.75. The Morgan fingerprint density at radius 1 is 1.21 bits per heavy atom. The highest BCUT2D eigenvalue weighted by molar-refractivity contribution is 5.74. The molecule has 0 heterocycles. The summed E-state index contributed by atoms with van der Waals surface area (Å²) in [6, 6.07) is 9.38. The monoisotopic (exact) mass is 336 g/mol. The van der Waals surface area contributed by atoms with Crippen molar-refractivity contribution in [3.05, 3.63) is 35.9 Å². The van der Waals surface area contributed by atoms with Crippen LogP contribution in [0.5, 0.6) is 0 Å². The molecule has 0 spiro atoms. The molecule has 3 N–H and O–H groups in total. The predicted molar refractivity (Wildman–Crippen MR) is 92.3 cm³/mol. The topological polar surface area (TPSA) is 90.6 Å². The molecule has 1 aromatic rings. The number of alkyl carbamates (subject to hydrolysis) is 1. The SMILES string of the molecule is C[C@@H](OCc1ccccc1)[C@H](CCC(N)=O)NC(=O)OC(C)(C)C. The normalized spacial score (nSPS) is 13.8. The zero-order chi connectivity index (χ0) is 18.2. The van der Waals surface area contributed by atoms with Crippen molar-refractivity contribution in [2.75, 3.05) is 0 Å². The Hall–Kier alpha value is -2.08. The first-order chi connectivity index (χ1) is 11.2. The highest BCUT2D eigenvalue weighted by Crippen LogP contribution is 2.12. The van der Waals surface area contributed by atoms with Crippen molar-refractivity contribution in [2.24, 2.45) is 5.73 Å². The molecule has 0 bridgehead atoms. The molecule has 0 aliphatic heterocycles. The van der Waals surface area contributed by atoms with Crippen LogP contribution in [-0.4, -0.2) is 29.7 Å². The quantitative estimate of drug-likeness (QED) is 0.763. The molecule has 0 saturated carbocycles. The molecule has 0 saturated heterocycles. The van der Waals surface area contributed by atoms with E-state index in [0.29, 0.717) is 13.0 Å². The van der Waals surface area contributed by atoms with Crippen LogP contribution in [0, 0.1) is 0 Å². The summed E-state index contributed by atoms with van der Waals surface area (Å²) in [4.78, 5) is 23.0. The molecule has 0 aliphatic rings. The molecule has 0 radical (unpaired) electrons. The second-order valence-electron chi connectivity index (χ2n) is 6.76. The second-order valence-corrected chi connectivity index (χ2v) is 6.76. The molecule has 1 rings (SSSR count). The molecule has 24 heavy (non-hydrogen) atoms. The Morgan fingerprint density at radius 2 is 1.83 bits per heavy atom. The van der Waals surface area contributed by atoms with E-state index in [0.717, 1.165) is 5.56 Å². The van der Waals surface area contributed by atoms with Gasteiger partial charge in [0.15, 0.2) is 0 Å². The highest BCUT2D eigenvalue weighted by Gasteiger charge is 2.24. The van der Waals surface area contributed by atoms with Crippen molar-refractivity contribution >= 4 is 12.0 Å². The van der Waals surface area contributed by atoms with Crippen LogP contribution >= 0.6 is 0 Å².